The zero-order valence-electron chi connectivity index (χ0n) is 8.48. The summed E-state index contributed by atoms with van der Waals surface area (Å²) < 4.78 is 30.1. The molecule has 5 heteroatoms. The average Bonchev–Trinajstić information content (AvgIpc) is 2.54. The fourth-order valence-electron chi connectivity index (χ4n) is 1.67. The largest absolute Gasteiger partial charge is 0.435 e. The first-order chi connectivity index (χ1) is 7.61. The highest BCUT2D eigenvalue weighted by atomic mass is 19.3. The molecule has 0 aliphatic rings. The van der Waals surface area contributed by atoms with Crippen molar-refractivity contribution in [1.82, 2.24) is 4.57 Å². The number of hydrogen-bond acceptors (Lipinski definition) is 2. The Hall–Kier alpha value is -1.91. The van der Waals surface area contributed by atoms with Crippen LogP contribution in [-0.2, 0) is 7.05 Å². The predicted molar refractivity (Wildman–Crippen MR) is 54.9 cm³/mol. The maximum atomic E-state index is 12.0. The smallest absolute Gasteiger partial charge is 0.387 e. The van der Waals surface area contributed by atoms with Gasteiger partial charge in [-0.2, -0.15) is 8.78 Å². The van der Waals surface area contributed by atoms with E-state index in [0.717, 1.165) is 5.52 Å². The molecule has 2 rings (SSSR count). The Labute approximate surface area is 90.2 Å². The van der Waals surface area contributed by atoms with E-state index in [1.54, 1.807) is 23.9 Å². The van der Waals surface area contributed by atoms with Crippen LogP contribution in [0.25, 0.3) is 10.9 Å². The van der Waals surface area contributed by atoms with Crippen LogP contribution >= 0.6 is 0 Å². The van der Waals surface area contributed by atoms with E-state index in [0.29, 0.717) is 17.2 Å². The fraction of sp³-hybridized carbons (Fsp3) is 0.182. The number of carbonyl (C=O) groups is 1. The Balaban J connectivity index is 2.55. The molecule has 1 aromatic carbocycles. The molecular weight excluding hydrogens is 216 g/mol. The lowest BCUT2D eigenvalue weighted by Crippen LogP contribution is -2.01. The molecule has 0 atom stereocenters. The van der Waals surface area contributed by atoms with Crippen molar-refractivity contribution in [1.29, 1.82) is 0 Å². The normalized spacial score (nSPS) is 11.0. The number of benzene rings is 1. The summed E-state index contributed by atoms with van der Waals surface area (Å²) in [6.07, 6.45) is 2.33. The number of nitrogens with zero attached hydrogens (tertiary/aromatic N) is 1. The van der Waals surface area contributed by atoms with Crippen molar-refractivity contribution < 1.29 is 18.3 Å². The van der Waals surface area contributed by atoms with E-state index in [1.807, 2.05) is 0 Å². The highest BCUT2D eigenvalue weighted by molar-refractivity contribution is 5.98. The van der Waals surface area contributed by atoms with Gasteiger partial charge < -0.3 is 9.30 Å². The van der Waals surface area contributed by atoms with Gasteiger partial charge in [-0.05, 0) is 18.2 Å². The lowest BCUT2D eigenvalue weighted by Gasteiger charge is -2.04. The summed E-state index contributed by atoms with van der Waals surface area (Å²) in [4.78, 5) is 10.8. The zero-order chi connectivity index (χ0) is 11.7. The van der Waals surface area contributed by atoms with Gasteiger partial charge in [-0.3, -0.25) is 4.79 Å². The second-order valence-corrected chi connectivity index (χ2v) is 3.37. The minimum Gasteiger partial charge on any atom is -0.435 e. The van der Waals surface area contributed by atoms with Crippen molar-refractivity contribution in [2.45, 2.75) is 6.61 Å². The van der Waals surface area contributed by atoms with Gasteiger partial charge in [-0.1, -0.05) is 0 Å². The van der Waals surface area contributed by atoms with E-state index in [2.05, 4.69) is 4.74 Å². The molecule has 0 aliphatic heterocycles. The molecule has 0 bridgehead atoms. The molecule has 0 saturated carbocycles. The number of aldehydes is 1. The van der Waals surface area contributed by atoms with Crippen LogP contribution in [0.1, 0.15) is 10.4 Å². The third-order valence-electron chi connectivity index (χ3n) is 2.34. The van der Waals surface area contributed by atoms with Crippen LogP contribution in [-0.4, -0.2) is 17.5 Å². The molecule has 1 aromatic heterocycles. The quantitative estimate of drug-likeness (QED) is 0.752. The number of alkyl halides is 2. The second-order valence-electron chi connectivity index (χ2n) is 3.37. The van der Waals surface area contributed by atoms with E-state index < -0.39 is 6.61 Å². The van der Waals surface area contributed by atoms with Crippen molar-refractivity contribution in [2.75, 3.05) is 0 Å². The highest BCUT2D eigenvalue weighted by Crippen LogP contribution is 2.25. The molecule has 0 aliphatic carbocycles. The average molecular weight is 225 g/mol. The highest BCUT2D eigenvalue weighted by Gasteiger charge is 2.09. The lowest BCUT2D eigenvalue weighted by atomic mass is 10.2. The van der Waals surface area contributed by atoms with Gasteiger partial charge >= 0.3 is 6.61 Å². The van der Waals surface area contributed by atoms with E-state index >= 15 is 0 Å². The molecule has 84 valence electrons. The number of hydrogen-bond donors (Lipinski definition) is 0. The van der Waals surface area contributed by atoms with Crippen LogP contribution in [0.2, 0.25) is 0 Å². The van der Waals surface area contributed by atoms with Crippen LogP contribution in [0.4, 0.5) is 8.78 Å². The molecule has 0 N–H and O–H groups in total. The first-order valence-electron chi connectivity index (χ1n) is 4.61. The number of ether oxygens (including phenoxy) is 1. The van der Waals surface area contributed by atoms with Gasteiger partial charge in [0.2, 0.25) is 0 Å². The Bertz CT molecular complexity index is 534. The van der Waals surface area contributed by atoms with Crippen molar-refractivity contribution in [3.8, 4) is 5.75 Å². The van der Waals surface area contributed by atoms with Gasteiger partial charge in [0.1, 0.15) is 5.75 Å². The summed E-state index contributed by atoms with van der Waals surface area (Å²) in [7, 11) is 1.78. The molecule has 0 radical (unpaired) electrons. The van der Waals surface area contributed by atoms with Gasteiger partial charge in [0.05, 0.1) is 0 Å². The zero-order valence-corrected chi connectivity index (χ0v) is 8.48. The van der Waals surface area contributed by atoms with Gasteiger partial charge in [-0.15, -0.1) is 0 Å². The van der Waals surface area contributed by atoms with Crippen LogP contribution in [0.15, 0.2) is 24.4 Å². The van der Waals surface area contributed by atoms with E-state index in [-0.39, 0.29) is 5.75 Å². The molecule has 16 heavy (non-hydrogen) atoms. The summed E-state index contributed by atoms with van der Waals surface area (Å²) in [6.45, 7) is -2.86. The molecule has 2 aromatic rings. The predicted octanol–water partition coefficient (Wildman–Crippen LogP) is 2.59. The third-order valence-corrected chi connectivity index (χ3v) is 2.34. The molecule has 0 unspecified atom stereocenters. The monoisotopic (exact) mass is 225 g/mol. The minimum atomic E-state index is -2.86. The van der Waals surface area contributed by atoms with E-state index in [1.165, 1.54) is 12.1 Å². The van der Waals surface area contributed by atoms with Crippen molar-refractivity contribution in [2.24, 2.45) is 7.05 Å². The summed E-state index contributed by atoms with van der Waals surface area (Å²) in [5.41, 5.74) is 1.25. The first kappa shape index (κ1) is 10.6. The van der Waals surface area contributed by atoms with Crippen molar-refractivity contribution >= 4 is 17.2 Å². The topological polar surface area (TPSA) is 31.2 Å². The number of aromatic nitrogens is 1. The van der Waals surface area contributed by atoms with Gasteiger partial charge in [0.25, 0.3) is 0 Å². The number of carbonyl (C=O) groups excluding carboxylic acids is 1. The van der Waals surface area contributed by atoms with E-state index in [4.69, 9.17) is 0 Å². The molecule has 0 amide bonds. The second kappa shape index (κ2) is 3.92. The SMILES string of the molecule is Cn1cc(C=O)c2cc(OC(F)F)ccc21. The van der Waals surface area contributed by atoms with Crippen molar-refractivity contribution in [3.63, 3.8) is 0 Å². The Morgan fingerprint density at radius 2 is 2.19 bits per heavy atom. The summed E-state index contributed by atoms with van der Waals surface area (Å²) in [5, 5.41) is 0.607. The standard InChI is InChI=1S/C11H9F2NO2/c1-14-5-7(6-15)9-4-8(16-11(12)13)2-3-10(9)14/h2-6,11H,1H3. The van der Waals surface area contributed by atoms with Crippen molar-refractivity contribution in [3.05, 3.63) is 30.0 Å². The van der Waals surface area contributed by atoms with Gasteiger partial charge in [0.15, 0.2) is 6.29 Å². The van der Waals surface area contributed by atoms with Crippen LogP contribution < -0.4 is 4.74 Å². The van der Waals surface area contributed by atoms with Crippen LogP contribution in [0.5, 0.6) is 5.75 Å². The fourth-order valence-corrected chi connectivity index (χ4v) is 1.67. The number of aryl methyl sites for hydroxylation is 1. The summed E-state index contributed by atoms with van der Waals surface area (Å²) in [6, 6.07) is 4.52. The molecule has 0 spiro atoms. The molecular formula is C11H9F2NO2. The maximum absolute atomic E-state index is 12.0. The Morgan fingerprint density at radius 3 is 2.81 bits per heavy atom. The Kier molecular flexibility index (Phi) is 2.60. The summed E-state index contributed by atoms with van der Waals surface area (Å²) in [5.74, 6) is 0.0526. The van der Waals surface area contributed by atoms with Crippen LogP contribution in [0, 0.1) is 0 Å². The molecule has 0 fully saturated rings. The maximum Gasteiger partial charge on any atom is 0.387 e. The Morgan fingerprint density at radius 1 is 1.44 bits per heavy atom. The van der Waals surface area contributed by atoms with Crippen LogP contribution in [0.3, 0.4) is 0 Å². The molecule has 3 nitrogen and oxygen atoms in total. The number of halogens is 2. The van der Waals surface area contributed by atoms with E-state index in [9.17, 15) is 13.6 Å². The van der Waals surface area contributed by atoms with Gasteiger partial charge in [0, 0.05) is 29.7 Å². The molecule has 0 saturated heterocycles. The molecule has 1 heterocycles. The third kappa shape index (κ3) is 1.76. The number of fused-ring (bicyclic) bond motifs is 1. The number of rotatable bonds is 3. The first-order valence-corrected chi connectivity index (χ1v) is 4.61. The minimum absolute atomic E-state index is 0.0526. The summed E-state index contributed by atoms with van der Waals surface area (Å²) >= 11 is 0. The van der Waals surface area contributed by atoms with Gasteiger partial charge in [-0.25, -0.2) is 0 Å². The lowest BCUT2D eigenvalue weighted by molar-refractivity contribution is -0.0497.